The Morgan fingerprint density at radius 1 is 1.00 bits per heavy atom. The van der Waals surface area contributed by atoms with Crippen LogP contribution >= 0.6 is 0 Å². The number of nitrogens with one attached hydrogen (secondary N) is 2. The van der Waals surface area contributed by atoms with Crippen LogP contribution in [0, 0.1) is 0 Å². The third kappa shape index (κ3) is 5.41. The van der Waals surface area contributed by atoms with Crippen LogP contribution in [-0.4, -0.2) is 49.6 Å². The maximum atomic E-state index is 13.1. The highest BCUT2D eigenvalue weighted by Crippen LogP contribution is 2.32. The Morgan fingerprint density at radius 3 is 2.26 bits per heavy atom. The molecule has 9 nitrogen and oxygen atoms in total. The summed E-state index contributed by atoms with van der Waals surface area (Å²) in [6.45, 7) is 6.25. The lowest BCUT2D eigenvalue weighted by Crippen LogP contribution is -2.42. The minimum Gasteiger partial charge on any atom is -0.497 e. The molecule has 2 aromatic rings. The van der Waals surface area contributed by atoms with E-state index >= 15 is 0 Å². The van der Waals surface area contributed by atoms with Crippen LogP contribution in [0.1, 0.15) is 39.2 Å². The van der Waals surface area contributed by atoms with Gasteiger partial charge in [0.2, 0.25) is 5.91 Å². The molecule has 3 rings (SSSR count). The van der Waals surface area contributed by atoms with Gasteiger partial charge in [-0.3, -0.25) is 14.5 Å². The number of nitrogens with zero attached hydrogens (tertiary/aromatic N) is 1. The number of methoxy groups -OCH3 is 1. The van der Waals surface area contributed by atoms with Crippen molar-refractivity contribution in [3.8, 4) is 17.2 Å². The predicted molar refractivity (Wildman–Crippen MR) is 127 cm³/mol. The highest BCUT2D eigenvalue weighted by atomic mass is 16.5. The van der Waals surface area contributed by atoms with Crippen LogP contribution in [0.3, 0.4) is 0 Å². The van der Waals surface area contributed by atoms with Crippen LogP contribution in [0.4, 0.5) is 10.5 Å². The Kier molecular flexibility index (Phi) is 7.99. The number of urea groups is 1. The predicted octanol–water partition coefficient (Wildman–Crippen LogP) is 3.68. The minimum absolute atomic E-state index is 0.421. The van der Waals surface area contributed by atoms with Crippen LogP contribution in [0.2, 0.25) is 0 Å². The number of ether oxygens (including phenoxy) is 3. The molecule has 0 aromatic heterocycles. The van der Waals surface area contributed by atoms with Crippen molar-refractivity contribution in [1.82, 2.24) is 10.2 Å². The van der Waals surface area contributed by atoms with Gasteiger partial charge in [0.25, 0.3) is 5.91 Å². The first-order valence-electron chi connectivity index (χ1n) is 11.3. The highest BCUT2D eigenvalue weighted by molar-refractivity contribution is 6.10. The summed E-state index contributed by atoms with van der Waals surface area (Å²) in [5.74, 6) is 0.737. The van der Waals surface area contributed by atoms with Gasteiger partial charge in [0.15, 0.2) is 11.5 Å². The summed E-state index contributed by atoms with van der Waals surface area (Å²) in [5, 5.41) is 5.42. The molecule has 4 amide bonds. The van der Waals surface area contributed by atoms with E-state index in [0.29, 0.717) is 41.7 Å². The summed E-state index contributed by atoms with van der Waals surface area (Å²) in [6, 6.07) is 11.3. The molecule has 1 aliphatic rings. The van der Waals surface area contributed by atoms with E-state index in [1.807, 2.05) is 13.8 Å². The molecule has 34 heavy (non-hydrogen) atoms. The quantitative estimate of drug-likeness (QED) is 0.487. The zero-order valence-corrected chi connectivity index (χ0v) is 20.0. The zero-order valence-electron chi connectivity index (χ0n) is 20.0. The summed E-state index contributed by atoms with van der Waals surface area (Å²) in [7, 11) is 1.55. The van der Waals surface area contributed by atoms with Crippen LogP contribution in [0.15, 0.2) is 42.5 Å². The number of carbonyl (C=O) groups is 3. The fraction of sp³-hybridized carbons (Fsp3) is 0.400. The third-order valence-corrected chi connectivity index (χ3v) is 5.39. The average Bonchev–Trinajstić information content (AvgIpc) is 3.05. The fourth-order valence-electron chi connectivity index (χ4n) is 3.55. The zero-order chi connectivity index (χ0) is 24.7. The molecule has 1 unspecified atom stereocenters. The van der Waals surface area contributed by atoms with E-state index in [-0.39, 0.29) is 0 Å². The molecule has 0 saturated carbocycles. The lowest BCUT2D eigenvalue weighted by atomic mass is 9.92. The van der Waals surface area contributed by atoms with Gasteiger partial charge in [-0.25, -0.2) is 4.79 Å². The molecule has 0 radical (unpaired) electrons. The average molecular weight is 470 g/mol. The number of hydrogen-bond donors (Lipinski definition) is 2. The van der Waals surface area contributed by atoms with Crippen molar-refractivity contribution in [3.63, 3.8) is 0 Å². The number of benzene rings is 2. The minimum atomic E-state index is -1.27. The summed E-state index contributed by atoms with van der Waals surface area (Å²) >= 11 is 0. The van der Waals surface area contributed by atoms with E-state index in [2.05, 4.69) is 10.6 Å². The maximum absolute atomic E-state index is 13.1. The Morgan fingerprint density at radius 2 is 1.65 bits per heavy atom. The summed E-state index contributed by atoms with van der Waals surface area (Å²) in [6.07, 6.45) is 1.68. The number of amides is 4. The molecule has 1 heterocycles. The van der Waals surface area contributed by atoms with E-state index in [4.69, 9.17) is 14.2 Å². The first-order chi connectivity index (χ1) is 16.3. The first-order valence-corrected chi connectivity index (χ1v) is 11.3. The Hall–Kier alpha value is -3.75. The Balaban J connectivity index is 1.70. The maximum Gasteiger partial charge on any atom is 0.325 e. The molecule has 2 N–H and O–H groups in total. The second-order valence-electron chi connectivity index (χ2n) is 8.08. The molecular formula is C25H31N3O6. The van der Waals surface area contributed by atoms with Crippen molar-refractivity contribution in [1.29, 1.82) is 0 Å². The number of hydrogen-bond acceptors (Lipinski definition) is 6. The molecule has 9 heteroatoms. The van der Waals surface area contributed by atoms with Crippen LogP contribution in [0.25, 0.3) is 0 Å². The van der Waals surface area contributed by atoms with Gasteiger partial charge in [-0.15, -0.1) is 0 Å². The number of anilines is 1. The van der Waals surface area contributed by atoms with Gasteiger partial charge >= 0.3 is 6.03 Å². The molecule has 2 aromatic carbocycles. The van der Waals surface area contributed by atoms with E-state index < -0.39 is 29.9 Å². The normalized spacial score (nSPS) is 17.4. The standard InChI is InChI=1S/C25H31N3O6/c1-5-13-33-20-12-9-18(15-21(20)34-14-6-2)26-22(29)16-28-23(30)25(3,27-24(28)31)17-7-10-19(32-4)11-8-17/h7-12,15H,5-6,13-14,16H2,1-4H3,(H,26,29)(H,27,31). The van der Waals surface area contributed by atoms with Gasteiger partial charge < -0.3 is 24.8 Å². The van der Waals surface area contributed by atoms with Gasteiger partial charge in [-0.05, 0) is 49.6 Å². The molecular weight excluding hydrogens is 438 g/mol. The fourth-order valence-corrected chi connectivity index (χ4v) is 3.55. The molecule has 1 atom stereocenters. The molecule has 0 bridgehead atoms. The van der Waals surface area contributed by atoms with Crippen molar-refractivity contribution < 1.29 is 28.6 Å². The van der Waals surface area contributed by atoms with Crippen molar-refractivity contribution in [2.75, 3.05) is 32.2 Å². The highest BCUT2D eigenvalue weighted by Gasteiger charge is 2.49. The van der Waals surface area contributed by atoms with Crippen LogP contribution in [0.5, 0.6) is 17.2 Å². The summed E-state index contributed by atoms with van der Waals surface area (Å²) in [5.41, 5.74) is -0.205. The van der Waals surface area contributed by atoms with Crippen molar-refractivity contribution >= 4 is 23.5 Å². The molecule has 0 spiro atoms. The monoisotopic (exact) mass is 469 g/mol. The largest absolute Gasteiger partial charge is 0.497 e. The Bertz CT molecular complexity index is 1040. The SMILES string of the molecule is CCCOc1ccc(NC(=O)CN2C(=O)NC(C)(c3ccc(OC)cc3)C2=O)cc1OCCC. The van der Waals surface area contributed by atoms with Gasteiger partial charge in [-0.2, -0.15) is 0 Å². The van der Waals surface area contributed by atoms with E-state index in [1.54, 1.807) is 56.5 Å². The smallest absolute Gasteiger partial charge is 0.325 e. The van der Waals surface area contributed by atoms with Crippen molar-refractivity contribution in [2.45, 2.75) is 39.2 Å². The van der Waals surface area contributed by atoms with E-state index in [1.165, 1.54) is 0 Å². The van der Waals surface area contributed by atoms with Gasteiger partial charge in [-0.1, -0.05) is 26.0 Å². The second kappa shape index (κ2) is 10.9. The number of rotatable bonds is 11. The third-order valence-electron chi connectivity index (χ3n) is 5.39. The Labute approximate surface area is 199 Å². The van der Waals surface area contributed by atoms with Gasteiger partial charge in [0.05, 0.1) is 20.3 Å². The van der Waals surface area contributed by atoms with E-state index in [0.717, 1.165) is 17.7 Å². The van der Waals surface area contributed by atoms with Crippen molar-refractivity contribution in [3.05, 3.63) is 48.0 Å². The van der Waals surface area contributed by atoms with Crippen molar-refractivity contribution in [2.24, 2.45) is 0 Å². The summed E-state index contributed by atoms with van der Waals surface area (Å²) < 4.78 is 16.6. The van der Waals surface area contributed by atoms with E-state index in [9.17, 15) is 14.4 Å². The van der Waals surface area contributed by atoms with Crippen LogP contribution in [-0.2, 0) is 15.1 Å². The first kappa shape index (κ1) is 24.9. The second-order valence-corrected chi connectivity index (χ2v) is 8.08. The van der Waals surface area contributed by atoms with Crippen LogP contribution < -0.4 is 24.8 Å². The number of carbonyl (C=O) groups excluding carboxylic acids is 3. The molecule has 1 aliphatic heterocycles. The molecule has 1 saturated heterocycles. The summed E-state index contributed by atoms with van der Waals surface area (Å²) in [4.78, 5) is 39.3. The number of imide groups is 1. The lowest BCUT2D eigenvalue weighted by molar-refractivity contribution is -0.133. The topological polar surface area (TPSA) is 106 Å². The van der Waals surface area contributed by atoms with Gasteiger partial charge in [0, 0.05) is 11.8 Å². The van der Waals surface area contributed by atoms with Gasteiger partial charge in [0.1, 0.15) is 17.8 Å². The lowest BCUT2D eigenvalue weighted by Gasteiger charge is -2.22. The molecule has 0 aliphatic carbocycles. The molecule has 1 fully saturated rings. The molecule has 182 valence electrons.